The molecule has 1 aromatic heterocycles. The molecule has 0 amide bonds. The Hall–Kier alpha value is -1.77. The summed E-state index contributed by atoms with van der Waals surface area (Å²) < 4.78 is 30.7. The molecule has 0 aliphatic carbocycles. The van der Waals surface area contributed by atoms with E-state index in [1.54, 1.807) is 12.1 Å². The Labute approximate surface area is 160 Å². The third-order valence-corrected chi connectivity index (χ3v) is 6.52. The summed E-state index contributed by atoms with van der Waals surface area (Å²) in [6, 6.07) is 7.19. The van der Waals surface area contributed by atoms with Crippen LogP contribution >= 0.6 is 0 Å². The lowest BCUT2D eigenvalue weighted by Crippen LogP contribution is -2.26. The van der Waals surface area contributed by atoms with Crippen LogP contribution < -0.4 is 0 Å². The fraction of sp³-hybridized carbons (Fsp3) is 0.579. The molecule has 0 radical (unpaired) electrons. The van der Waals surface area contributed by atoms with Gasteiger partial charge in [0.2, 0.25) is 0 Å². The number of hydrogen-bond acceptors (Lipinski definition) is 6. The molecule has 3 heterocycles. The zero-order chi connectivity index (χ0) is 18.9. The molecule has 2 aliphatic heterocycles. The summed E-state index contributed by atoms with van der Waals surface area (Å²) in [6.45, 7) is 5.10. The van der Waals surface area contributed by atoms with Gasteiger partial charge in [0.25, 0.3) is 0 Å². The van der Waals surface area contributed by atoms with E-state index in [0.717, 1.165) is 75.9 Å². The van der Waals surface area contributed by atoms with Gasteiger partial charge in [0.15, 0.2) is 15.7 Å². The molecule has 1 saturated heterocycles. The van der Waals surface area contributed by atoms with Crippen LogP contribution in [0.2, 0.25) is 0 Å². The third-order valence-electron chi connectivity index (χ3n) is 5.39. The summed E-state index contributed by atoms with van der Waals surface area (Å²) in [5.74, 6) is 2.49. The Kier molecular flexibility index (Phi) is 5.29. The van der Waals surface area contributed by atoms with Gasteiger partial charge in [-0.15, -0.1) is 0 Å². The van der Waals surface area contributed by atoms with E-state index >= 15 is 0 Å². The predicted molar refractivity (Wildman–Crippen MR) is 101 cm³/mol. The van der Waals surface area contributed by atoms with Crippen LogP contribution in [0.4, 0.5) is 0 Å². The predicted octanol–water partition coefficient (Wildman–Crippen LogP) is 1.63. The summed E-state index contributed by atoms with van der Waals surface area (Å²) in [7, 11) is -3.14. The van der Waals surface area contributed by atoms with Gasteiger partial charge in [-0.1, -0.05) is 12.1 Å². The molecule has 0 unspecified atom stereocenters. The zero-order valence-electron chi connectivity index (χ0n) is 15.7. The fourth-order valence-electron chi connectivity index (χ4n) is 3.75. The maximum absolute atomic E-state index is 11.6. The number of nitrogens with zero attached hydrogens (tertiary/aromatic N) is 4. The quantitative estimate of drug-likeness (QED) is 0.790. The van der Waals surface area contributed by atoms with Crippen molar-refractivity contribution in [3.63, 3.8) is 0 Å². The zero-order valence-corrected chi connectivity index (χ0v) is 16.5. The number of hydrogen-bond donors (Lipinski definition) is 0. The third kappa shape index (κ3) is 4.39. The van der Waals surface area contributed by atoms with Crippen molar-refractivity contribution in [3.8, 4) is 0 Å². The lowest BCUT2D eigenvalue weighted by molar-refractivity contribution is 0.0835. The first-order valence-corrected chi connectivity index (χ1v) is 11.4. The Bertz CT molecular complexity index is 861. The number of sulfone groups is 1. The molecule has 1 aromatic carbocycles. The number of fused-ring (bicyclic) bond motifs is 1. The van der Waals surface area contributed by atoms with E-state index in [-0.39, 0.29) is 0 Å². The van der Waals surface area contributed by atoms with Crippen LogP contribution in [0.3, 0.4) is 0 Å². The van der Waals surface area contributed by atoms with E-state index < -0.39 is 9.84 Å². The average molecular weight is 391 g/mol. The van der Waals surface area contributed by atoms with Crippen LogP contribution in [0.15, 0.2) is 29.2 Å². The van der Waals surface area contributed by atoms with Gasteiger partial charge in [-0.25, -0.2) is 18.1 Å². The summed E-state index contributed by atoms with van der Waals surface area (Å²) >= 11 is 0. The highest BCUT2D eigenvalue weighted by Crippen LogP contribution is 2.25. The highest BCUT2D eigenvalue weighted by atomic mass is 32.2. The van der Waals surface area contributed by atoms with Crippen molar-refractivity contribution < 1.29 is 13.2 Å². The Morgan fingerprint density at radius 1 is 1.11 bits per heavy atom. The smallest absolute Gasteiger partial charge is 0.175 e. The van der Waals surface area contributed by atoms with Gasteiger partial charge < -0.3 is 4.74 Å². The van der Waals surface area contributed by atoms with E-state index in [4.69, 9.17) is 14.8 Å². The van der Waals surface area contributed by atoms with Crippen LogP contribution in [-0.2, 0) is 34.1 Å². The molecule has 1 fully saturated rings. The van der Waals surface area contributed by atoms with Gasteiger partial charge in [0, 0.05) is 51.4 Å². The van der Waals surface area contributed by atoms with Gasteiger partial charge >= 0.3 is 0 Å². The summed E-state index contributed by atoms with van der Waals surface area (Å²) in [6.07, 6.45) is 4.15. The molecular weight excluding hydrogens is 364 g/mol. The second-order valence-corrected chi connectivity index (χ2v) is 9.45. The van der Waals surface area contributed by atoms with Gasteiger partial charge in [-0.05, 0) is 30.5 Å². The molecule has 146 valence electrons. The van der Waals surface area contributed by atoms with Crippen molar-refractivity contribution in [2.45, 2.75) is 43.2 Å². The standard InChI is InChI=1S/C19H26N4O3S/c1-27(24,25)17-4-2-15(3-5-17)14-22-9-6-18-20-19(21-23(18)11-10-22)16-7-12-26-13-8-16/h2-5,16H,6-14H2,1H3. The molecule has 0 bridgehead atoms. The van der Waals surface area contributed by atoms with Gasteiger partial charge in [0.05, 0.1) is 11.4 Å². The molecule has 0 atom stereocenters. The second kappa shape index (κ2) is 7.69. The number of aromatic nitrogens is 3. The normalized spacial score (nSPS) is 19.6. The van der Waals surface area contributed by atoms with Crippen molar-refractivity contribution >= 4 is 9.84 Å². The number of benzene rings is 1. The highest BCUT2D eigenvalue weighted by molar-refractivity contribution is 7.90. The SMILES string of the molecule is CS(=O)(=O)c1ccc(CN2CCc3nc(C4CCOCC4)nn3CC2)cc1. The molecule has 4 rings (SSSR count). The number of ether oxygens (including phenoxy) is 1. The Balaban J connectivity index is 1.38. The second-order valence-electron chi connectivity index (χ2n) is 7.44. The summed E-state index contributed by atoms with van der Waals surface area (Å²) in [5.41, 5.74) is 1.12. The maximum atomic E-state index is 11.6. The monoisotopic (exact) mass is 390 g/mol. The minimum absolute atomic E-state index is 0.368. The number of rotatable bonds is 4. The topological polar surface area (TPSA) is 77.3 Å². The van der Waals surface area contributed by atoms with Gasteiger partial charge in [0.1, 0.15) is 5.82 Å². The van der Waals surface area contributed by atoms with Crippen LogP contribution in [0.5, 0.6) is 0 Å². The largest absolute Gasteiger partial charge is 0.381 e. The molecule has 8 heteroatoms. The van der Waals surface area contributed by atoms with Gasteiger partial charge in [-0.3, -0.25) is 4.90 Å². The Morgan fingerprint density at radius 2 is 1.85 bits per heavy atom. The molecule has 0 N–H and O–H groups in total. The molecule has 27 heavy (non-hydrogen) atoms. The molecular formula is C19H26N4O3S. The molecule has 0 saturated carbocycles. The fourth-order valence-corrected chi connectivity index (χ4v) is 4.38. The van der Waals surface area contributed by atoms with Crippen molar-refractivity contribution in [1.82, 2.24) is 19.7 Å². The Morgan fingerprint density at radius 3 is 2.56 bits per heavy atom. The minimum Gasteiger partial charge on any atom is -0.381 e. The van der Waals surface area contributed by atoms with Crippen molar-refractivity contribution in [3.05, 3.63) is 41.5 Å². The lowest BCUT2D eigenvalue weighted by Gasteiger charge is -2.20. The first kappa shape index (κ1) is 18.6. The van der Waals surface area contributed by atoms with E-state index in [9.17, 15) is 8.42 Å². The minimum atomic E-state index is -3.14. The molecule has 2 aliphatic rings. The first-order valence-electron chi connectivity index (χ1n) is 9.52. The van der Waals surface area contributed by atoms with E-state index in [1.165, 1.54) is 6.26 Å². The maximum Gasteiger partial charge on any atom is 0.175 e. The lowest BCUT2D eigenvalue weighted by atomic mass is 10.00. The summed E-state index contributed by atoms with van der Waals surface area (Å²) in [5, 5.41) is 4.77. The van der Waals surface area contributed by atoms with E-state index in [2.05, 4.69) is 9.58 Å². The van der Waals surface area contributed by atoms with Crippen molar-refractivity contribution in [2.24, 2.45) is 0 Å². The van der Waals surface area contributed by atoms with E-state index in [0.29, 0.717) is 10.8 Å². The van der Waals surface area contributed by atoms with Crippen LogP contribution in [0.25, 0.3) is 0 Å². The summed E-state index contributed by atoms with van der Waals surface area (Å²) in [4.78, 5) is 7.56. The van der Waals surface area contributed by atoms with Crippen molar-refractivity contribution in [1.29, 1.82) is 0 Å². The van der Waals surface area contributed by atoms with Gasteiger partial charge in [-0.2, -0.15) is 5.10 Å². The first-order chi connectivity index (χ1) is 13.0. The van der Waals surface area contributed by atoms with E-state index in [1.807, 2.05) is 12.1 Å². The van der Waals surface area contributed by atoms with Crippen LogP contribution in [0, 0.1) is 0 Å². The molecule has 7 nitrogen and oxygen atoms in total. The molecule has 0 spiro atoms. The van der Waals surface area contributed by atoms with Crippen LogP contribution in [0.1, 0.15) is 36.0 Å². The van der Waals surface area contributed by atoms with Crippen molar-refractivity contribution in [2.75, 3.05) is 32.6 Å². The van der Waals surface area contributed by atoms with Crippen LogP contribution in [-0.4, -0.2) is 60.6 Å². The molecule has 2 aromatic rings. The average Bonchev–Trinajstić information content (AvgIpc) is 2.99. The highest BCUT2D eigenvalue weighted by Gasteiger charge is 2.23.